The van der Waals surface area contributed by atoms with E-state index in [4.69, 9.17) is 4.74 Å². The Morgan fingerprint density at radius 3 is 2.42 bits per heavy atom. The molecule has 1 heterocycles. The van der Waals surface area contributed by atoms with Crippen molar-refractivity contribution in [1.29, 1.82) is 0 Å². The lowest BCUT2D eigenvalue weighted by Gasteiger charge is -2.35. The molecule has 0 radical (unpaired) electrons. The molecule has 5 heteroatoms. The van der Waals surface area contributed by atoms with Gasteiger partial charge in [-0.25, -0.2) is 0 Å². The Morgan fingerprint density at radius 2 is 1.79 bits per heavy atom. The van der Waals surface area contributed by atoms with E-state index in [2.05, 4.69) is 28.9 Å². The highest BCUT2D eigenvalue weighted by Gasteiger charge is 2.20. The van der Waals surface area contributed by atoms with Gasteiger partial charge in [-0.2, -0.15) is 0 Å². The van der Waals surface area contributed by atoms with Crippen LogP contribution in [0.5, 0.6) is 5.75 Å². The Labute approximate surface area is 146 Å². The molecule has 0 unspecified atom stereocenters. The molecule has 0 atom stereocenters. The highest BCUT2D eigenvalue weighted by Crippen LogP contribution is 2.12. The van der Waals surface area contributed by atoms with Crippen LogP contribution >= 0.6 is 0 Å². The van der Waals surface area contributed by atoms with Crippen molar-refractivity contribution in [2.45, 2.75) is 20.8 Å². The fourth-order valence-corrected chi connectivity index (χ4v) is 3.04. The molecular formula is C19H31N3O2. The second-order valence-corrected chi connectivity index (χ2v) is 6.35. The highest BCUT2D eigenvalue weighted by molar-refractivity contribution is 5.78. The molecule has 0 bridgehead atoms. The van der Waals surface area contributed by atoms with Crippen molar-refractivity contribution in [3.63, 3.8) is 0 Å². The molecule has 0 N–H and O–H groups in total. The number of benzene rings is 1. The van der Waals surface area contributed by atoms with E-state index in [1.165, 1.54) is 5.56 Å². The van der Waals surface area contributed by atoms with Crippen LogP contribution in [0.4, 0.5) is 0 Å². The molecule has 0 aliphatic carbocycles. The second kappa shape index (κ2) is 9.64. The third-order valence-corrected chi connectivity index (χ3v) is 4.61. The zero-order chi connectivity index (χ0) is 17.4. The summed E-state index contributed by atoms with van der Waals surface area (Å²) in [5.74, 6) is 1.19. The van der Waals surface area contributed by atoms with E-state index in [1.54, 1.807) is 0 Å². The average molecular weight is 333 g/mol. The van der Waals surface area contributed by atoms with Crippen LogP contribution < -0.4 is 4.74 Å². The number of aryl methyl sites for hydroxylation is 1. The summed E-state index contributed by atoms with van der Waals surface area (Å²) in [7, 11) is 0. The minimum Gasteiger partial charge on any atom is -0.492 e. The SMILES string of the molecule is CCN(CC)C(=O)CN1CCN(CCOc2cccc(C)c2)CC1. The predicted octanol–water partition coefficient (Wildman–Crippen LogP) is 1.86. The first-order chi connectivity index (χ1) is 11.6. The number of ether oxygens (including phenoxy) is 1. The van der Waals surface area contributed by atoms with Gasteiger partial charge in [0.2, 0.25) is 5.91 Å². The van der Waals surface area contributed by atoms with Gasteiger partial charge >= 0.3 is 0 Å². The van der Waals surface area contributed by atoms with Crippen molar-refractivity contribution < 1.29 is 9.53 Å². The molecule has 2 rings (SSSR count). The number of amides is 1. The second-order valence-electron chi connectivity index (χ2n) is 6.35. The zero-order valence-electron chi connectivity index (χ0n) is 15.3. The number of hydrogen-bond acceptors (Lipinski definition) is 4. The Hall–Kier alpha value is -1.59. The van der Waals surface area contributed by atoms with Gasteiger partial charge in [0, 0.05) is 45.8 Å². The first kappa shape index (κ1) is 18.7. The number of carbonyl (C=O) groups is 1. The quantitative estimate of drug-likeness (QED) is 0.727. The van der Waals surface area contributed by atoms with E-state index >= 15 is 0 Å². The van der Waals surface area contributed by atoms with Crippen LogP contribution in [-0.4, -0.2) is 79.6 Å². The predicted molar refractivity (Wildman–Crippen MR) is 97.5 cm³/mol. The first-order valence-electron chi connectivity index (χ1n) is 9.04. The first-order valence-corrected chi connectivity index (χ1v) is 9.04. The minimum atomic E-state index is 0.247. The van der Waals surface area contributed by atoms with Gasteiger partial charge in [0.1, 0.15) is 12.4 Å². The Kier molecular flexibility index (Phi) is 7.53. The summed E-state index contributed by atoms with van der Waals surface area (Å²) in [6.07, 6.45) is 0. The van der Waals surface area contributed by atoms with E-state index in [1.807, 2.05) is 30.9 Å². The Balaban J connectivity index is 1.65. The van der Waals surface area contributed by atoms with Crippen LogP contribution in [-0.2, 0) is 4.79 Å². The fraction of sp³-hybridized carbons (Fsp3) is 0.632. The summed E-state index contributed by atoms with van der Waals surface area (Å²) in [4.78, 5) is 18.7. The molecule has 1 fully saturated rings. The van der Waals surface area contributed by atoms with Gasteiger partial charge in [0.25, 0.3) is 0 Å². The summed E-state index contributed by atoms with van der Waals surface area (Å²) in [5.41, 5.74) is 1.22. The van der Waals surface area contributed by atoms with Crippen molar-refractivity contribution in [2.24, 2.45) is 0 Å². The lowest BCUT2D eigenvalue weighted by Crippen LogP contribution is -2.50. The highest BCUT2D eigenvalue weighted by atomic mass is 16.5. The smallest absolute Gasteiger partial charge is 0.236 e. The van der Waals surface area contributed by atoms with Crippen molar-refractivity contribution >= 4 is 5.91 Å². The van der Waals surface area contributed by atoms with Gasteiger partial charge < -0.3 is 9.64 Å². The van der Waals surface area contributed by atoms with Crippen LogP contribution in [0.1, 0.15) is 19.4 Å². The number of likely N-dealkylation sites (N-methyl/N-ethyl adjacent to an activating group) is 1. The summed E-state index contributed by atoms with van der Waals surface area (Å²) in [6.45, 7) is 13.9. The molecule has 1 aromatic carbocycles. The van der Waals surface area contributed by atoms with Crippen LogP contribution in [0.15, 0.2) is 24.3 Å². The third kappa shape index (κ3) is 5.80. The molecule has 0 spiro atoms. The maximum Gasteiger partial charge on any atom is 0.236 e. The normalized spacial score (nSPS) is 16.1. The topological polar surface area (TPSA) is 36.0 Å². The standard InChI is InChI=1S/C19H31N3O2/c1-4-22(5-2)19(23)16-21-11-9-20(10-12-21)13-14-24-18-8-6-7-17(3)15-18/h6-8,15H,4-5,9-14,16H2,1-3H3. The van der Waals surface area contributed by atoms with E-state index < -0.39 is 0 Å². The number of rotatable bonds is 8. The third-order valence-electron chi connectivity index (χ3n) is 4.61. The maximum absolute atomic E-state index is 12.2. The van der Waals surface area contributed by atoms with E-state index in [-0.39, 0.29) is 5.91 Å². The molecule has 1 aliphatic heterocycles. The zero-order valence-corrected chi connectivity index (χ0v) is 15.3. The molecule has 5 nitrogen and oxygen atoms in total. The van der Waals surface area contributed by atoms with Crippen molar-refractivity contribution in [3.8, 4) is 5.75 Å². The average Bonchev–Trinajstić information content (AvgIpc) is 2.58. The molecule has 1 saturated heterocycles. The van der Waals surface area contributed by atoms with Crippen LogP contribution in [0.25, 0.3) is 0 Å². The fourth-order valence-electron chi connectivity index (χ4n) is 3.04. The Bertz CT molecular complexity index is 509. The summed E-state index contributed by atoms with van der Waals surface area (Å²) in [6, 6.07) is 8.17. The Morgan fingerprint density at radius 1 is 1.12 bits per heavy atom. The van der Waals surface area contributed by atoms with Gasteiger partial charge in [-0.05, 0) is 38.5 Å². The van der Waals surface area contributed by atoms with Crippen molar-refractivity contribution in [1.82, 2.24) is 14.7 Å². The molecule has 1 aromatic rings. The van der Waals surface area contributed by atoms with E-state index in [9.17, 15) is 4.79 Å². The molecule has 1 aliphatic rings. The number of carbonyl (C=O) groups excluding carboxylic acids is 1. The van der Waals surface area contributed by atoms with Gasteiger partial charge in [-0.1, -0.05) is 12.1 Å². The van der Waals surface area contributed by atoms with E-state index in [0.717, 1.165) is 51.6 Å². The molecular weight excluding hydrogens is 302 g/mol. The van der Waals surface area contributed by atoms with E-state index in [0.29, 0.717) is 13.2 Å². The summed E-state index contributed by atoms with van der Waals surface area (Å²) in [5, 5.41) is 0. The monoisotopic (exact) mass is 333 g/mol. The van der Waals surface area contributed by atoms with Gasteiger partial charge in [0.05, 0.1) is 6.54 Å². The largest absolute Gasteiger partial charge is 0.492 e. The maximum atomic E-state index is 12.2. The summed E-state index contributed by atoms with van der Waals surface area (Å²) >= 11 is 0. The lowest BCUT2D eigenvalue weighted by atomic mass is 10.2. The minimum absolute atomic E-state index is 0.247. The molecule has 0 aromatic heterocycles. The van der Waals surface area contributed by atoms with Crippen LogP contribution in [0, 0.1) is 6.92 Å². The van der Waals surface area contributed by atoms with Gasteiger partial charge in [-0.3, -0.25) is 14.6 Å². The number of piperazine rings is 1. The van der Waals surface area contributed by atoms with Crippen molar-refractivity contribution in [2.75, 3.05) is 59.0 Å². The number of nitrogens with zero attached hydrogens (tertiary/aromatic N) is 3. The molecule has 24 heavy (non-hydrogen) atoms. The lowest BCUT2D eigenvalue weighted by molar-refractivity contribution is -0.132. The van der Waals surface area contributed by atoms with Crippen molar-refractivity contribution in [3.05, 3.63) is 29.8 Å². The number of hydrogen-bond donors (Lipinski definition) is 0. The van der Waals surface area contributed by atoms with Crippen LogP contribution in [0.2, 0.25) is 0 Å². The molecule has 1 amide bonds. The van der Waals surface area contributed by atoms with Gasteiger partial charge in [0.15, 0.2) is 0 Å². The van der Waals surface area contributed by atoms with Crippen LogP contribution in [0.3, 0.4) is 0 Å². The van der Waals surface area contributed by atoms with Gasteiger partial charge in [-0.15, -0.1) is 0 Å². The molecule has 134 valence electrons. The molecule has 0 saturated carbocycles. The summed E-state index contributed by atoms with van der Waals surface area (Å²) < 4.78 is 5.83.